The third kappa shape index (κ3) is 5.19. The van der Waals surface area contributed by atoms with Gasteiger partial charge in [-0.05, 0) is 36.6 Å². The summed E-state index contributed by atoms with van der Waals surface area (Å²) in [6, 6.07) is 6.57. The van der Waals surface area contributed by atoms with E-state index in [-0.39, 0.29) is 0 Å². The van der Waals surface area contributed by atoms with Crippen LogP contribution < -0.4 is 10.6 Å². The van der Waals surface area contributed by atoms with Gasteiger partial charge in [0.05, 0.1) is 0 Å². The number of anilines is 1. The van der Waals surface area contributed by atoms with Crippen molar-refractivity contribution in [2.45, 2.75) is 20.3 Å². The number of benzene rings is 1. The fourth-order valence-corrected chi connectivity index (χ4v) is 1.40. The number of hydrogen-bond acceptors (Lipinski definition) is 2. The van der Waals surface area contributed by atoms with E-state index in [1.165, 1.54) is 0 Å². The van der Waals surface area contributed by atoms with Gasteiger partial charge < -0.3 is 10.6 Å². The summed E-state index contributed by atoms with van der Waals surface area (Å²) in [5, 5.41) is 5.64. The highest BCUT2D eigenvalue weighted by molar-refractivity contribution is 6.39. The van der Waals surface area contributed by atoms with Crippen molar-refractivity contribution < 1.29 is 9.59 Å². The average molecular weight is 269 g/mol. The highest BCUT2D eigenvalue weighted by Crippen LogP contribution is 2.13. The fraction of sp³-hybridized carbons (Fsp3) is 0.385. The summed E-state index contributed by atoms with van der Waals surface area (Å²) in [4.78, 5) is 23.0. The third-order valence-corrected chi connectivity index (χ3v) is 2.57. The summed E-state index contributed by atoms with van der Waals surface area (Å²) in [5.41, 5.74) is 0.545. The Bertz CT molecular complexity index is 416. The molecule has 5 heteroatoms. The van der Waals surface area contributed by atoms with E-state index < -0.39 is 11.8 Å². The summed E-state index contributed by atoms with van der Waals surface area (Å²) in [6.07, 6.45) is 0.847. The van der Waals surface area contributed by atoms with Crippen molar-refractivity contribution in [3.05, 3.63) is 29.3 Å². The van der Waals surface area contributed by atoms with Gasteiger partial charge >= 0.3 is 11.8 Å². The summed E-state index contributed by atoms with van der Waals surface area (Å²) in [6.45, 7) is 4.62. The molecule has 2 amide bonds. The first-order valence-electron chi connectivity index (χ1n) is 5.84. The van der Waals surface area contributed by atoms with Crippen LogP contribution in [0.4, 0.5) is 5.69 Å². The van der Waals surface area contributed by atoms with Crippen molar-refractivity contribution in [3.63, 3.8) is 0 Å². The lowest BCUT2D eigenvalue weighted by Gasteiger charge is -2.07. The third-order valence-electron chi connectivity index (χ3n) is 2.32. The SMILES string of the molecule is CC(C)CCNC(=O)C(=O)Nc1ccc(Cl)cc1. The van der Waals surface area contributed by atoms with E-state index in [1.54, 1.807) is 24.3 Å². The molecule has 0 heterocycles. The van der Waals surface area contributed by atoms with Crippen molar-refractivity contribution in [2.75, 3.05) is 11.9 Å². The van der Waals surface area contributed by atoms with Gasteiger partial charge in [-0.15, -0.1) is 0 Å². The van der Waals surface area contributed by atoms with Crippen LogP contribution in [-0.2, 0) is 9.59 Å². The smallest absolute Gasteiger partial charge is 0.313 e. The monoisotopic (exact) mass is 268 g/mol. The summed E-state index contributed by atoms with van der Waals surface area (Å²) >= 11 is 5.72. The van der Waals surface area contributed by atoms with Crippen molar-refractivity contribution >= 4 is 29.1 Å². The second-order valence-corrected chi connectivity index (χ2v) is 4.84. The van der Waals surface area contributed by atoms with Crippen LogP contribution in [0.5, 0.6) is 0 Å². The van der Waals surface area contributed by atoms with E-state index in [0.717, 1.165) is 6.42 Å². The molecular formula is C13H17ClN2O2. The molecule has 0 saturated heterocycles. The Morgan fingerprint density at radius 2 is 1.78 bits per heavy atom. The molecule has 0 bridgehead atoms. The molecule has 1 aromatic carbocycles. The van der Waals surface area contributed by atoms with E-state index in [1.807, 2.05) is 0 Å². The topological polar surface area (TPSA) is 58.2 Å². The first-order chi connectivity index (χ1) is 8.49. The second kappa shape index (κ2) is 7.01. The lowest BCUT2D eigenvalue weighted by molar-refractivity contribution is -0.136. The first-order valence-corrected chi connectivity index (χ1v) is 6.21. The molecular weight excluding hydrogens is 252 g/mol. The standard InChI is InChI=1S/C13H17ClN2O2/c1-9(2)7-8-15-12(17)13(18)16-11-5-3-10(14)4-6-11/h3-6,9H,7-8H2,1-2H3,(H,15,17)(H,16,18). The highest BCUT2D eigenvalue weighted by atomic mass is 35.5. The molecule has 0 aliphatic rings. The first kappa shape index (κ1) is 14.5. The number of nitrogens with one attached hydrogen (secondary N) is 2. The van der Waals surface area contributed by atoms with Gasteiger partial charge in [0.1, 0.15) is 0 Å². The largest absolute Gasteiger partial charge is 0.348 e. The van der Waals surface area contributed by atoms with Crippen LogP contribution in [0.3, 0.4) is 0 Å². The van der Waals surface area contributed by atoms with Gasteiger partial charge in [-0.25, -0.2) is 0 Å². The fourth-order valence-electron chi connectivity index (χ4n) is 1.28. The zero-order valence-corrected chi connectivity index (χ0v) is 11.3. The van der Waals surface area contributed by atoms with Crippen molar-refractivity contribution in [1.82, 2.24) is 5.32 Å². The second-order valence-electron chi connectivity index (χ2n) is 4.40. The van der Waals surface area contributed by atoms with Crippen LogP contribution in [0, 0.1) is 5.92 Å². The van der Waals surface area contributed by atoms with Crippen LogP contribution in [0.1, 0.15) is 20.3 Å². The van der Waals surface area contributed by atoms with Gasteiger partial charge in [-0.3, -0.25) is 9.59 Å². The molecule has 0 spiro atoms. The maximum absolute atomic E-state index is 11.5. The normalized spacial score (nSPS) is 10.2. The zero-order valence-electron chi connectivity index (χ0n) is 10.5. The lowest BCUT2D eigenvalue weighted by Crippen LogP contribution is -2.36. The average Bonchev–Trinajstić information content (AvgIpc) is 2.31. The van der Waals surface area contributed by atoms with E-state index in [4.69, 9.17) is 11.6 Å². The van der Waals surface area contributed by atoms with E-state index in [0.29, 0.717) is 23.2 Å². The number of amides is 2. The summed E-state index contributed by atoms with van der Waals surface area (Å²) in [5.74, 6) is -0.795. The van der Waals surface area contributed by atoms with Crippen molar-refractivity contribution in [2.24, 2.45) is 5.92 Å². The van der Waals surface area contributed by atoms with Crippen LogP contribution in [0.15, 0.2) is 24.3 Å². The summed E-state index contributed by atoms with van der Waals surface area (Å²) < 4.78 is 0. The maximum Gasteiger partial charge on any atom is 0.313 e. The molecule has 98 valence electrons. The minimum atomic E-state index is -0.666. The van der Waals surface area contributed by atoms with E-state index >= 15 is 0 Å². The molecule has 0 unspecified atom stereocenters. The minimum absolute atomic E-state index is 0.490. The van der Waals surface area contributed by atoms with Gasteiger partial charge in [0.2, 0.25) is 0 Å². The quantitative estimate of drug-likeness (QED) is 0.824. The number of rotatable bonds is 4. The van der Waals surface area contributed by atoms with Gasteiger partial charge in [0.25, 0.3) is 0 Å². The Kier molecular flexibility index (Phi) is 5.65. The molecule has 0 aliphatic heterocycles. The predicted molar refractivity (Wildman–Crippen MR) is 72.5 cm³/mol. The lowest BCUT2D eigenvalue weighted by atomic mass is 10.1. The summed E-state index contributed by atoms with van der Waals surface area (Å²) in [7, 11) is 0. The van der Waals surface area contributed by atoms with E-state index in [9.17, 15) is 9.59 Å². The Morgan fingerprint density at radius 1 is 1.17 bits per heavy atom. The maximum atomic E-state index is 11.5. The number of carbonyl (C=O) groups excluding carboxylic acids is 2. The zero-order chi connectivity index (χ0) is 13.5. The predicted octanol–water partition coefficient (Wildman–Crippen LogP) is 2.44. The van der Waals surface area contributed by atoms with Crippen LogP contribution >= 0.6 is 11.6 Å². The molecule has 0 fully saturated rings. The van der Waals surface area contributed by atoms with Gasteiger partial charge in [-0.2, -0.15) is 0 Å². The van der Waals surface area contributed by atoms with Gasteiger partial charge in [-0.1, -0.05) is 25.4 Å². The molecule has 1 rings (SSSR count). The minimum Gasteiger partial charge on any atom is -0.348 e. The Morgan fingerprint density at radius 3 is 2.33 bits per heavy atom. The molecule has 1 aromatic rings. The van der Waals surface area contributed by atoms with Crippen LogP contribution in [0.25, 0.3) is 0 Å². The molecule has 0 saturated carbocycles. The van der Waals surface area contributed by atoms with Crippen LogP contribution in [0.2, 0.25) is 5.02 Å². The molecule has 0 aliphatic carbocycles. The molecule has 0 aromatic heterocycles. The van der Waals surface area contributed by atoms with Crippen LogP contribution in [-0.4, -0.2) is 18.4 Å². The Hall–Kier alpha value is -1.55. The molecule has 4 nitrogen and oxygen atoms in total. The number of halogens is 1. The molecule has 18 heavy (non-hydrogen) atoms. The van der Waals surface area contributed by atoms with E-state index in [2.05, 4.69) is 24.5 Å². The van der Waals surface area contributed by atoms with Crippen molar-refractivity contribution in [3.8, 4) is 0 Å². The Balaban J connectivity index is 2.40. The molecule has 0 atom stereocenters. The number of hydrogen-bond donors (Lipinski definition) is 2. The van der Waals surface area contributed by atoms with Gasteiger partial charge in [0, 0.05) is 17.3 Å². The number of carbonyl (C=O) groups is 2. The Labute approximate surface area is 112 Å². The molecule has 0 radical (unpaired) electrons. The molecule has 2 N–H and O–H groups in total. The van der Waals surface area contributed by atoms with Crippen molar-refractivity contribution in [1.29, 1.82) is 0 Å². The van der Waals surface area contributed by atoms with Gasteiger partial charge in [0.15, 0.2) is 0 Å². The highest BCUT2D eigenvalue weighted by Gasteiger charge is 2.12.